The van der Waals surface area contributed by atoms with Crippen LogP contribution in [0.25, 0.3) is 0 Å². The lowest BCUT2D eigenvalue weighted by Crippen LogP contribution is -2.35. The van der Waals surface area contributed by atoms with Crippen LogP contribution in [0.15, 0.2) is 12.2 Å². The maximum atomic E-state index is 3.14. The average molecular weight is 126 g/mol. The maximum Gasteiger partial charge on any atom is 0.0165 e. The van der Waals surface area contributed by atoms with Gasteiger partial charge in [0.1, 0.15) is 0 Å². The standard InChI is InChI=1S/C7H14N2/c1-8-9-6-4-2-3-5-7-9/h2-3,8H,4-7H2,1H3. The molecule has 0 bridgehead atoms. The molecule has 0 aromatic heterocycles. The molecule has 1 N–H and O–H groups in total. The molecule has 0 saturated carbocycles. The number of hydrogen-bond donors (Lipinski definition) is 1. The largest absolute Gasteiger partial charge is 0.258 e. The zero-order valence-corrected chi connectivity index (χ0v) is 5.93. The van der Waals surface area contributed by atoms with Crippen molar-refractivity contribution in [2.24, 2.45) is 0 Å². The summed E-state index contributed by atoms with van der Waals surface area (Å²) in [6, 6.07) is 0. The average Bonchev–Trinajstić information content (AvgIpc) is 2.13. The van der Waals surface area contributed by atoms with E-state index in [2.05, 4.69) is 22.6 Å². The van der Waals surface area contributed by atoms with Crippen LogP contribution in [0.3, 0.4) is 0 Å². The van der Waals surface area contributed by atoms with Crippen molar-refractivity contribution in [1.29, 1.82) is 0 Å². The van der Waals surface area contributed by atoms with Gasteiger partial charge in [-0.25, -0.2) is 5.01 Å². The molecule has 0 fully saturated rings. The highest BCUT2D eigenvalue weighted by Gasteiger charge is 2.00. The quantitative estimate of drug-likeness (QED) is 0.522. The molecule has 9 heavy (non-hydrogen) atoms. The highest BCUT2D eigenvalue weighted by molar-refractivity contribution is 4.85. The van der Waals surface area contributed by atoms with E-state index < -0.39 is 0 Å². The van der Waals surface area contributed by atoms with Gasteiger partial charge < -0.3 is 0 Å². The molecule has 0 amide bonds. The molecule has 0 radical (unpaired) electrons. The highest BCUT2D eigenvalue weighted by atomic mass is 15.5. The van der Waals surface area contributed by atoms with Gasteiger partial charge in [-0.05, 0) is 19.9 Å². The van der Waals surface area contributed by atoms with Crippen LogP contribution in [0.4, 0.5) is 0 Å². The van der Waals surface area contributed by atoms with Crippen LogP contribution in [0, 0.1) is 0 Å². The van der Waals surface area contributed by atoms with E-state index in [0.717, 1.165) is 13.1 Å². The van der Waals surface area contributed by atoms with Gasteiger partial charge in [0.05, 0.1) is 0 Å². The minimum absolute atomic E-state index is 1.15. The van der Waals surface area contributed by atoms with E-state index in [9.17, 15) is 0 Å². The van der Waals surface area contributed by atoms with Gasteiger partial charge in [-0.15, -0.1) is 0 Å². The van der Waals surface area contributed by atoms with Crippen LogP contribution in [0.5, 0.6) is 0 Å². The van der Waals surface area contributed by atoms with Crippen molar-refractivity contribution in [1.82, 2.24) is 10.4 Å². The summed E-state index contributed by atoms with van der Waals surface area (Å²) in [5, 5.41) is 2.24. The van der Waals surface area contributed by atoms with Crippen molar-refractivity contribution in [3.63, 3.8) is 0 Å². The second kappa shape index (κ2) is 3.64. The van der Waals surface area contributed by atoms with Crippen LogP contribution >= 0.6 is 0 Å². The Balaban J connectivity index is 2.26. The van der Waals surface area contributed by atoms with Crippen LogP contribution in [0.1, 0.15) is 12.8 Å². The van der Waals surface area contributed by atoms with E-state index in [1.807, 2.05) is 7.05 Å². The first-order valence-electron chi connectivity index (χ1n) is 3.51. The molecule has 0 aromatic rings. The van der Waals surface area contributed by atoms with Gasteiger partial charge >= 0.3 is 0 Å². The third-order valence-electron chi connectivity index (χ3n) is 1.61. The molecular weight excluding hydrogens is 112 g/mol. The Morgan fingerprint density at radius 1 is 1.22 bits per heavy atom. The van der Waals surface area contributed by atoms with Crippen molar-refractivity contribution in [2.75, 3.05) is 20.1 Å². The normalized spacial score (nSPS) is 21.9. The van der Waals surface area contributed by atoms with Crippen LogP contribution < -0.4 is 5.43 Å². The van der Waals surface area contributed by atoms with Crippen molar-refractivity contribution in [3.05, 3.63) is 12.2 Å². The number of nitrogens with zero attached hydrogens (tertiary/aromatic N) is 1. The molecule has 2 nitrogen and oxygen atoms in total. The Morgan fingerprint density at radius 2 is 1.78 bits per heavy atom. The van der Waals surface area contributed by atoms with Gasteiger partial charge in [-0.3, -0.25) is 5.43 Å². The summed E-state index contributed by atoms with van der Waals surface area (Å²) in [5.74, 6) is 0. The monoisotopic (exact) mass is 126 g/mol. The molecule has 0 aliphatic carbocycles. The minimum Gasteiger partial charge on any atom is -0.258 e. The highest BCUT2D eigenvalue weighted by Crippen LogP contribution is 1.97. The summed E-state index contributed by atoms with van der Waals surface area (Å²) in [5.41, 5.74) is 3.14. The second-order valence-electron chi connectivity index (χ2n) is 2.26. The first kappa shape index (κ1) is 6.78. The van der Waals surface area contributed by atoms with E-state index in [1.54, 1.807) is 0 Å². The number of hydrogen-bond acceptors (Lipinski definition) is 2. The third-order valence-corrected chi connectivity index (χ3v) is 1.61. The van der Waals surface area contributed by atoms with E-state index in [0.29, 0.717) is 0 Å². The van der Waals surface area contributed by atoms with Gasteiger partial charge in [0.25, 0.3) is 0 Å². The smallest absolute Gasteiger partial charge is 0.0165 e. The third kappa shape index (κ3) is 2.16. The summed E-state index contributed by atoms with van der Waals surface area (Å²) in [4.78, 5) is 0. The van der Waals surface area contributed by atoms with E-state index >= 15 is 0 Å². The van der Waals surface area contributed by atoms with Crippen molar-refractivity contribution >= 4 is 0 Å². The molecule has 52 valence electrons. The Morgan fingerprint density at radius 3 is 2.22 bits per heavy atom. The molecule has 0 spiro atoms. The minimum atomic E-state index is 1.15. The summed E-state index contributed by atoms with van der Waals surface area (Å²) in [7, 11) is 1.98. The zero-order valence-electron chi connectivity index (χ0n) is 5.93. The fraction of sp³-hybridized carbons (Fsp3) is 0.714. The Kier molecular flexibility index (Phi) is 2.74. The molecule has 0 unspecified atom stereocenters. The molecular formula is C7H14N2. The maximum absolute atomic E-state index is 3.14. The molecule has 1 aliphatic rings. The van der Waals surface area contributed by atoms with Gasteiger partial charge in [0.15, 0.2) is 0 Å². The lowest BCUT2D eigenvalue weighted by atomic mass is 10.4. The molecule has 0 aromatic carbocycles. The molecule has 1 rings (SSSR count). The fourth-order valence-electron chi connectivity index (χ4n) is 1.03. The zero-order chi connectivity index (χ0) is 6.53. The van der Waals surface area contributed by atoms with E-state index in [4.69, 9.17) is 0 Å². The predicted octanol–water partition coefficient (Wildman–Crippen LogP) is 0.773. The second-order valence-corrected chi connectivity index (χ2v) is 2.26. The summed E-state index contributed by atoms with van der Waals surface area (Å²) in [6.45, 7) is 2.29. The predicted molar refractivity (Wildman–Crippen MR) is 39.0 cm³/mol. The lowest BCUT2D eigenvalue weighted by Gasteiger charge is -2.17. The molecule has 1 aliphatic heterocycles. The number of hydrazine groups is 1. The van der Waals surface area contributed by atoms with Crippen LogP contribution in [-0.4, -0.2) is 25.1 Å². The lowest BCUT2D eigenvalue weighted by molar-refractivity contribution is 0.220. The number of nitrogens with one attached hydrogen (secondary N) is 1. The molecule has 2 heteroatoms. The Labute approximate surface area is 56.5 Å². The van der Waals surface area contributed by atoms with Gasteiger partial charge in [-0.2, -0.15) is 0 Å². The van der Waals surface area contributed by atoms with Crippen molar-refractivity contribution in [3.8, 4) is 0 Å². The summed E-state index contributed by atoms with van der Waals surface area (Å²) in [6.07, 6.45) is 6.86. The van der Waals surface area contributed by atoms with Gasteiger partial charge in [-0.1, -0.05) is 12.2 Å². The first-order chi connectivity index (χ1) is 4.43. The van der Waals surface area contributed by atoms with E-state index in [-0.39, 0.29) is 0 Å². The topological polar surface area (TPSA) is 15.3 Å². The Hall–Kier alpha value is -0.340. The molecule has 0 saturated heterocycles. The van der Waals surface area contributed by atoms with E-state index in [1.165, 1.54) is 12.8 Å². The summed E-state index contributed by atoms with van der Waals surface area (Å²) < 4.78 is 0. The van der Waals surface area contributed by atoms with Gasteiger partial charge in [0.2, 0.25) is 0 Å². The van der Waals surface area contributed by atoms with Crippen LogP contribution in [0.2, 0.25) is 0 Å². The Bertz CT molecular complexity index is 89.1. The summed E-state index contributed by atoms with van der Waals surface area (Å²) >= 11 is 0. The first-order valence-corrected chi connectivity index (χ1v) is 3.51. The van der Waals surface area contributed by atoms with Crippen LogP contribution in [-0.2, 0) is 0 Å². The van der Waals surface area contributed by atoms with Crippen molar-refractivity contribution < 1.29 is 0 Å². The fourth-order valence-corrected chi connectivity index (χ4v) is 1.03. The molecule has 1 heterocycles. The van der Waals surface area contributed by atoms with Gasteiger partial charge in [0, 0.05) is 13.1 Å². The SMILES string of the molecule is CNN1CCC=CCC1. The molecule has 0 atom stereocenters. The number of rotatable bonds is 1. The van der Waals surface area contributed by atoms with Crippen molar-refractivity contribution in [2.45, 2.75) is 12.8 Å².